The number of nitro groups is 1. The standard InChI is InChI=1S/C7H8NO5P/c9-8(10)7-3-1-2-6(4-7)5-13-14(11)12/h1-4,14H,5H2,(H,11,12). The Morgan fingerprint density at radius 2 is 2.29 bits per heavy atom. The van der Waals surface area contributed by atoms with E-state index < -0.39 is 13.2 Å². The first-order chi connectivity index (χ1) is 6.59. The van der Waals surface area contributed by atoms with E-state index in [1.165, 1.54) is 18.2 Å². The SMILES string of the molecule is O=[N+]([O-])c1cccc(CO[PH](=O)O)c1. The van der Waals surface area contributed by atoms with E-state index in [0.717, 1.165) is 0 Å². The van der Waals surface area contributed by atoms with Crippen molar-refractivity contribution in [2.24, 2.45) is 0 Å². The Labute approximate surface area is 80.2 Å². The van der Waals surface area contributed by atoms with Crippen LogP contribution in [0.25, 0.3) is 0 Å². The molecule has 7 heteroatoms. The monoisotopic (exact) mass is 217 g/mol. The normalized spacial score (nSPS) is 12.4. The van der Waals surface area contributed by atoms with E-state index in [1.807, 2.05) is 0 Å². The highest BCUT2D eigenvalue weighted by atomic mass is 31.1. The van der Waals surface area contributed by atoms with E-state index >= 15 is 0 Å². The minimum absolute atomic E-state index is 0.0660. The first-order valence-corrected chi connectivity index (χ1v) is 4.95. The number of nitro benzene ring substituents is 1. The third-order valence-electron chi connectivity index (χ3n) is 1.48. The molecule has 1 aromatic rings. The van der Waals surface area contributed by atoms with Crippen LogP contribution < -0.4 is 0 Å². The second-order valence-electron chi connectivity index (χ2n) is 2.48. The van der Waals surface area contributed by atoms with Crippen molar-refractivity contribution in [2.45, 2.75) is 6.61 Å². The van der Waals surface area contributed by atoms with Crippen LogP contribution >= 0.6 is 8.25 Å². The number of hydrogen-bond donors (Lipinski definition) is 1. The topological polar surface area (TPSA) is 89.7 Å². The maximum atomic E-state index is 10.4. The number of benzene rings is 1. The Balaban J connectivity index is 2.73. The average Bonchev–Trinajstić information content (AvgIpc) is 2.15. The summed E-state index contributed by atoms with van der Waals surface area (Å²) in [4.78, 5) is 18.2. The second-order valence-corrected chi connectivity index (χ2v) is 3.30. The lowest BCUT2D eigenvalue weighted by molar-refractivity contribution is -0.384. The molecule has 0 radical (unpaired) electrons. The predicted molar refractivity (Wildman–Crippen MR) is 49.1 cm³/mol. The van der Waals surface area contributed by atoms with Crippen molar-refractivity contribution in [3.63, 3.8) is 0 Å². The van der Waals surface area contributed by atoms with Gasteiger partial charge in [-0.15, -0.1) is 0 Å². The van der Waals surface area contributed by atoms with Gasteiger partial charge in [0.1, 0.15) is 0 Å². The van der Waals surface area contributed by atoms with Gasteiger partial charge in [0.2, 0.25) is 0 Å². The van der Waals surface area contributed by atoms with Crippen LogP contribution in [0.5, 0.6) is 0 Å². The van der Waals surface area contributed by atoms with Gasteiger partial charge in [-0.2, -0.15) is 0 Å². The maximum absolute atomic E-state index is 10.4. The summed E-state index contributed by atoms with van der Waals surface area (Å²) in [5.74, 6) is 0. The third-order valence-corrected chi connectivity index (χ3v) is 1.87. The maximum Gasteiger partial charge on any atom is 0.316 e. The quantitative estimate of drug-likeness (QED) is 0.468. The zero-order chi connectivity index (χ0) is 10.6. The highest BCUT2D eigenvalue weighted by Crippen LogP contribution is 2.20. The van der Waals surface area contributed by atoms with Gasteiger partial charge in [-0.05, 0) is 5.56 Å². The molecule has 0 amide bonds. The Morgan fingerprint density at radius 1 is 1.57 bits per heavy atom. The fourth-order valence-corrected chi connectivity index (χ4v) is 1.20. The summed E-state index contributed by atoms with van der Waals surface area (Å²) in [5, 5.41) is 10.4. The molecule has 76 valence electrons. The molecule has 0 spiro atoms. The van der Waals surface area contributed by atoms with Crippen LogP contribution in [0.4, 0.5) is 5.69 Å². The first-order valence-electron chi connectivity index (χ1n) is 3.68. The largest absolute Gasteiger partial charge is 0.326 e. The lowest BCUT2D eigenvalue weighted by Gasteiger charge is -1.99. The summed E-state index contributed by atoms with van der Waals surface area (Å²) in [6.45, 7) is -0.101. The summed E-state index contributed by atoms with van der Waals surface area (Å²) in [5.41, 5.74) is 0.426. The van der Waals surface area contributed by atoms with Crippen molar-refractivity contribution in [3.05, 3.63) is 39.9 Å². The summed E-state index contributed by atoms with van der Waals surface area (Å²) in [7, 11) is -2.98. The molecule has 6 nitrogen and oxygen atoms in total. The Kier molecular flexibility index (Phi) is 3.76. The molecule has 0 heterocycles. The van der Waals surface area contributed by atoms with Gasteiger partial charge < -0.3 is 9.42 Å². The van der Waals surface area contributed by atoms with Gasteiger partial charge in [-0.3, -0.25) is 14.7 Å². The smallest absolute Gasteiger partial charge is 0.316 e. The van der Waals surface area contributed by atoms with Gasteiger partial charge in [0.25, 0.3) is 5.69 Å². The highest BCUT2D eigenvalue weighted by Gasteiger charge is 2.05. The average molecular weight is 217 g/mol. The molecule has 14 heavy (non-hydrogen) atoms. The van der Waals surface area contributed by atoms with Crippen LogP contribution in [-0.4, -0.2) is 9.82 Å². The number of rotatable bonds is 4. The molecule has 0 fully saturated rings. The molecule has 0 bridgehead atoms. The molecule has 0 saturated carbocycles. The number of hydrogen-bond acceptors (Lipinski definition) is 4. The third kappa shape index (κ3) is 3.26. The summed E-state index contributed by atoms with van der Waals surface area (Å²) >= 11 is 0. The van der Waals surface area contributed by atoms with E-state index in [1.54, 1.807) is 6.07 Å². The Hall–Kier alpha value is -1.23. The Bertz CT molecular complexity index is 367. The lowest BCUT2D eigenvalue weighted by atomic mass is 10.2. The summed E-state index contributed by atoms with van der Waals surface area (Å²) < 4.78 is 14.7. The van der Waals surface area contributed by atoms with E-state index in [4.69, 9.17) is 4.89 Å². The number of nitrogens with zero attached hydrogens (tertiary/aromatic N) is 1. The van der Waals surface area contributed by atoms with Gasteiger partial charge in [-0.25, -0.2) is 0 Å². The van der Waals surface area contributed by atoms with Crippen molar-refractivity contribution < 1.29 is 18.9 Å². The molecule has 0 aliphatic rings. The van der Waals surface area contributed by atoms with Crippen LogP contribution in [-0.2, 0) is 15.7 Å². The molecule has 0 aliphatic heterocycles. The van der Waals surface area contributed by atoms with E-state index in [-0.39, 0.29) is 12.3 Å². The molecule has 1 atom stereocenters. The summed E-state index contributed by atoms with van der Waals surface area (Å²) in [6.07, 6.45) is 0. The van der Waals surface area contributed by atoms with Crippen LogP contribution in [0, 0.1) is 10.1 Å². The molecule has 0 saturated heterocycles. The molecule has 1 N–H and O–H groups in total. The van der Waals surface area contributed by atoms with Crippen molar-refractivity contribution >= 4 is 13.9 Å². The minimum atomic E-state index is -2.98. The first kappa shape index (κ1) is 10.8. The molecule has 1 aromatic carbocycles. The van der Waals surface area contributed by atoms with E-state index in [2.05, 4.69) is 4.52 Å². The van der Waals surface area contributed by atoms with Crippen LogP contribution in [0.3, 0.4) is 0 Å². The van der Waals surface area contributed by atoms with Crippen LogP contribution in [0.1, 0.15) is 5.56 Å². The van der Waals surface area contributed by atoms with E-state index in [9.17, 15) is 14.7 Å². The minimum Gasteiger partial charge on any atom is -0.326 e. The second kappa shape index (κ2) is 4.85. The lowest BCUT2D eigenvalue weighted by Crippen LogP contribution is -1.91. The molecular formula is C7H8NO5P. The van der Waals surface area contributed by atoms with Crippen molar-refractivity contribution in [1.82, 2.24) is 0 Å². The van der Waals surface area contributed by atoms with Gasteiger partial charge in [0.05, 0.1) is 11.5 Å². The fraction of sp³-hybridized carbons (Fsp3) is 0.143. The Morgan fingerprint density at radius 3 is 2.86 bits per heavy atom. The van der Waals surface area contributed by atoms with Gasteiger partial charge in [0, 0.05) is 12.1 Å². The molecule has 0 aliphatic carbocycles. The zero-order valence-corrected chi connectivity index (χ0v) is 8.04. The van der Waals surface area contributed by atoms with Crippen molar-refractivity contribution in [1.29, 1.82) is 0 Å². The zero-order valence-electron chi connectivity index (χ0n) is 7.04. The molecule has 1 rings (SSSR count). The molecule has 0 aromatic heterocycles. The number of non-ortho nitro benzene ring substituents is 1. The van der Waals surface area contributed by atoms with E-state index in [0.29, 0.717) is 5.56 Å². The summed E-state index contributed by atoms with van der Waals surface area (Å²) in [6, 6.07) is 5.71. The van der Waals surface area contributed by atoms with Gasteiger partial charge in [0.15, 0.2) is 0 Å². The van der Waals surface area contributed by atoms with Crippen LogP contribution in [0.15, 0.2) is 24.3 Å². The molecule has 1 unspecified atom stereocenters. The predicted octanol–water partition coefficient (Wildman–Crippen LogP) is 1.49. The highest BCUT2D eigenvalue weighted by molar-refractivity contribution is 7.32. The van der Waals surface area contributed by atoms with Gasteiger partial charge in [-0.1, -0.05) is 12.1 Å². The molecular weight excluding hydrogens is 209 g/mol. The van der Waals surface area contributed by atoms with Crippen LogP contribution in [0.2, 0.25) is 0 Å². The van der Waals surface area contributed by atoms with Crippen molar-refractivity contribution in [2.75, 3.05) is 0 Å². The van der Waals surface area contributed by atoms with Crippen molar-refractivity contribution in [3.8, 4) is 0 Å². The fourth-order valence-electron chi connectivity index (χ4n) is 0.905. The van der Waals surface area contributed by atoms with Gasteiger partial charge >= 0.3 is 8.25 Å².